The number of benzene rings is 2. The molecule has 1 N–H and O–H groups in total. The van der Waals surface area contributed by atoms with Gasteiger partial charge in [0.05, 0.1) is 22.3 Å². The van der Waals surface area contributed by atoms with Gasteiger partial charge in [-0.05, 0) is 61.6 Å². The van der Waals surface area contributed by atoms with E-state index in [0.717, 1.165) is 28.3 Å². The van der Waals surface area contributed by atoms with Gasteiger partial charge in [-0.15, -0.1) is 11.3 Å². The Bertz CT molecular complexity index is 1310. The van der Waals surface area contributed by atoms with E-state index < -0.39 is 9.84 Å². The van der Waals surface area contributed by atoms with E-state index >= 15 is 0 Å². The Balaban J connectivity index is 1.57. The normalized spacial score (nSPS) is 15.4. The van der Waals surface area contributed by atoms with Crippen molar-refractivity contribution in [2.45, 2.75) is 38.8 Å². The lowest BCUT2D eigenvalue weighted by Crippen LogP contribution is -2.25. The van der Waals surface area contributed by atoms with Crippen LogP contribution in [0, 0.1) is 11.3 Å². The first-order chi connectivity index (χ1) is 15.7. The highest BCUT2D eigenvalue weighted by Crippen LogP contribution is 2.41. The fourth-order valence-electron chi connectivity index (χ4n) is 4.15. The number of hydrogen-bond acceptors (Lipinski definition) is 7. The summed E-state index contributed by atoms with van der Waals surface area (Å²) in [6.07, 6.45) is 5.05. The standard InChI is InChI=1S/C25H27N3O3S2/c1-16(2)31-23-10-7-17(13-18(23)14-26)25-28-15-24(32-25)21-6-4-5-20-19(21)8-9-22(20)27-11-12-33(3,29)30/h4-7,10,13,15-16,22,27H,8-9,11-12H2,1-3H3. The topological polar surface area (TPSA) is 92.1 Å². The zero-order valence-corrected chi connectivity index (χ0v) is 20.6. The van der Waals surface area contributed by atoms with E-state index in [2.05, 4.69) is 34.6 Å². The summed E-state index contributed by atoms with van der Waals surface area (Å²) in [7, 11) is -2.98. The lowest BCUT2D eigenvalue weighted by Gasteiger charge is -2.14. The second-order valence-electron chi connectivity index (χ2n) is 8.57. The Kier molecular flexibility index (Phi) is 6.84. The first-order valence-corrected chi connectivity index (χ1v) is 13.8. The number of nitrogens with zero attached hydrogens (tertiary/aromatic N) is 2. The quantitative estimate of drug-likeness (QED) is 0.499. The van der Waals surface area contributed by atoms with Crippen molar-refractivity contribution in [2.75, 3.05) is 18.6 Å². The molecule has 8 heteroatoms. The molecule has 4 rings (SSSR count). The van der Waals surface area contributed by atoms with Crippen molar-refractivity contribution in [1.29, 1.82) is 5.26 Å². The fraction of sp³-hybridized carbons (Fsp3) is 0.360. The van der Waals surface area contributed by atoms with Crippen molar-refractivity contribution in [3.63, 3.8) is 0 Å². The number of fused-ring (bicyclic) bond motifs is 1. The highest BCUT2D eigenvalue weighted by molar-refractivity contribution is 7.90. The Morgan fingerprint density at radius 2 is 2.12 bits per heavy atom. The van der Waals surface area contributed by atoms with Crippen LogP contribution in [0.5, 0.6) is 5.75 Å². The van der Waals surface area contributed by atoms with Crippen LogP contribution in [0.1, 0.15) is 43.0 Å². The van der Waals surface area contributed by atoms with Crippen LogP contribution in [0.15, 0.2) is 42.6 Å². The van der Waals surface area contributed by atoms with Gasteiger partial charge in [-0.1, -0.05) is 18.2 Å². The van der Waals surface area contributed by atoms with Gasteiger partial charge in [-0.25, -0.2) is 13.4 Å². The predicted octanol–water partition coefficient (Wildman–Crippen LogP) is 4.76. The van der Waals surface area contributed by atoms with Gasteiger partial charge in [0.25, 0.3) is 0 Å². The third kappa shape index (κ3) is 5.44. The number of hydrogen-bond donors (Lipinski definition) is 1. The van der Waals surface area contributed by atoms with Crippen molar-refractivity contribution in [1.82, 2.24) is 10.3 Å². The lowest BCUT2D eigenvalue weighted by atomic mass is 10.0. The molecule has 0 spiro atoms. The number of nitriles is 1. The van der Waals surface area contributed by atoms with E-state index in [1.165, 1.54) is 22.9 Å². The summed E-state index contributed by atoms with van der Waals surface area (Å²) in [5.41, 5.74) is 5.10. The summed E-state index contributed by atoms with van der Waals surface area (Å²) in [4.78, 5) is 5.72. The van der Waals surface area contributed by atoms with E-state index in [1.807, 2.05) is 38.2 Å². The van der Waals surface area contributed by atoms with Crippen LogP contribution >= 0.6 is 11.3 Å². The summed E-state index contributed by atoms with van der Waals surface area (Å²) >= 11 is 1.61. The third-order valence-electron chi connectivity index (χ3n) is 5.62. The summed E-state index contributed by atoms with van der Waals surface area (Å²) in [6.45, 7) is 4.33. The monoisotopic (exact) mass is 481 g/mol. The van der Waals surface area contributed by atoms with Gasteiger partial charge >= 0.3 is 0 Å². The zero-order chi connectivity index (χ0) is 23.6. The first-order valence-electron chi connectivity index (χ1n) is 11.0. The molecule has 1 atom stereocenters. The van der Waals surface area contributed by atoms with Crippen LogP contribution in [0.25, 0.3) is 21.0 Å². The predicted molar refractivity (Wildman–Crippen MR) is 132 cm³/mol. The van der Waals surface area contributed by atoms with Gasteiger partial charge < -0.3 is 10.1 Å². The molecule has 3 aromatic rings. The van der Waals surface area contributed by atoms with Crippen molar-refractivity contribution in [2.24, 2.45) is 0 Å². The van der Waals surface area contributed by atoms with Gasteiger partial charge in [0.1, 0.15) is 26.7 Å². The Morgan fingerprint density at radius 3 is 2.85 bits per heavy atom. The van der Waals surface area contributed by atoms with E-state index in [1.54, 1.807) is 11.3 Å². The van der Waals surface area contributed by atoms with Gasteiger partial charge in [-0.3, -0.25) is 0 Å². The Morgan fingerprint density at radius 1 is 1.30 bits per heavy atom. The molecule has 6 nitrogen and oxygen atoms in total. The zero-order valence-electron chi connectivity index (χ0n) is 19.0. The second-order valence-corrected chi connectivity index (χ2v) is 11.9. The maximum absolute atomic E-state index is 11.4. The van der Waals surface area contributed by atoms with Crippen molar-refractivity contribution in [3.8, 4) is 32.8 Å². The number of rotatable bonds is 8. The molecule has 2 aromatic carbocycles. The van der Waals surface area contributed by atoms with Crippen LogP contribution in [-0.4, -0.2) is 38.1 Å². The van der Waals surface area contributed by atoms with Crippen LogP contribution in [0.2, 0.25) is 0 Å². The number of nitrogens with one attached hydrogen (secondary N) is 1. The Hall–Kier alpha value is -2.73. The molecule has 1 aliphatic rings. The molecule has 172 valence electrons. The van der Waals surface area contributed by atoms with Crippen LogP contribution < -0.4 is 10.1 Å². The number of aromatic nitrogens is 1. The van der Waals surface area contributed by atoms with Crippen LogP contribution in [-0.2, 0) is 16.3 Å². The molecule has 0 aliphatic heterocycles. The molecule has 1 unspecified atom stereocenters. The second kappa shape index (κ2) is 9.64. The maximum atomic E-state index is 11.4. The molecule has 1 heterocycles. The minimum atomic E-state index is -2.98. The van der Waals surface area contributed by atoms with E-state index in [-0.39, 0.29) is 17.9 Å². The molecule has 0 radical (unpaired) electrons. The molecule has 0 bridgehead atoms. The smallest absolute Gasteiger partial charge is 0.148 e. The number of sulfone groups is 1. The molecule has 0 fully saturated rings. The molecule has 1 aliphatic carbocycles. The highest BCUT2D eigenvalue weighted by Gasteiger charge is 2.25. The van der Waals surface area contributed by atoms with Crippen molar-refractivity contribution in [3.05, 3.63) is 59.3 Å². The average Bonchev–Trinajstić information content (AvgIpc) is 3.40. The summed E-state index contributed by atoms with van der Waals surface area (Å²) in [5.74, 6) is 0.728. The maximum Gasteiger partial charge on any atom is 0.148 e. The average molecular weight is 482 g/mol. The lowest BCUT2D eigenvalue weighted by molar-refractivity contribution is 0.242. The molecule has 33 heavy (non-hydrogen) atoms. The van der Waals surface area contributed by atoms with Gasteiger partial charge in [0, 0.05) is 30.6 Å². The van der Waals surface area contributed by atoms with E-state index in [0.29, 0.717) is 17.9 Å². The molecule has 1 aromatic heterocycles. The molecule has 0 saturated carbocycles. The van der Waals surface area contributed by atoms with E-state index in [9.17, 15) is 13.7 Å². The summed E-state index contributed by atoms with van der Waals surface area (Å²) < 4.78 is 28.6. The first kappa shape index (κ1) is 23.4. The number of thiazole rings is 1. The SMILES string of the molecule is CC(C)Oc1ccc(-c2ncc(-c3cccc4c3CCC4NCCS(C)(=O)=O)s2)cc1C#N. The van der Waals surface area contributed by atoms with Gasteiger partial charge in [0.15, 0.2) is 0 Å². The number of ether oxygens (including phenoxy) is 1. The summed E-state index contributed by atoms with van der Waals surface area (Å²) in [6, 6.07) is 14.3. The minimum Gasteiger partial charge on any atom is -0.490 e. The summed E-state index contributed by atoms with van der Waals surface area (Å²) in [5, 5.41) is 13.8. The largest absolute Gasteiger partial charge is 0.490 e. The van der Waals surface area contributed by atoms with Crippen molar-refractivity contribution < 1.29 is 13.2 Å². The van der Waals surface area contributed by atoms with Crippen LogP contribution in [0.3, 0.4) is 0 Å². The third-order valence-corrected chi connectivity index (χ3v) is 7.64. The van der Waals surface area contributed by atoms with E-state index in [4.69, 9.17) is 4.74 Å². The fourth-order valence-corrected chi connectivity index (χ4v) is 5.61. The molecule has 0 saturated heterocycles. The Labute approximate surface area is 199 Å². The van der Waals surface area contributed by atoms with Crippen molar-refractivity contribution >= 4 is 21.2 Å². The minimum absolute atomic E-state index is 0.000665. The molecular formula is C25H27N3O3S2. The van der Waals surface area contributed by atoms with Gasteiger partial charge in [0.2, 0.25) is 0 Å². The molecular weight excluding hydrogens is 454 g/mol. The van der Waals surface area contributed by atoms with Crippen LogP contribution in [0.4, 0.5) is 0 Å². The molecule has 0 amide bonds. The van der Waals surface area contributed by atoms with Gasteiger partial charge in [-0.2, -0.15) is 5.26 Å². The highest BCUT2D eigenvalue weighted by atomic mass is 32.2.